The molecule has 2 atom stereocenters. The van der Waals surface area contributed by atoms with Crippen LogP contribution in [0.15, 0.2) is 23.0 Å². The molecule has 0 radical (unpaired) electrons. The third kappa shape index (κ3) is 4.16. The summed E-state index contributed by atoms with van der Waals surface area (Å²) in [6.45, 7) is 3.12. The summed E-state index contributed by atoms with van der Waals surface area (Å²) in [5, 5.41) is 13.3. The second kappa shape index (κ2) is 8.43. The fourth-order valence-electron chi connectivity index (χ4n) is 3.45. The number of likely N-dealkylation sites (tertiary alicyclic amines) is 1. The SMILES string of the molecule is CC(=O)N1C[C@@H](F)C[C@H]1c1nc(C(=O)NCc2ccc(C)c(Cl)c2)c(O)c(=O)n1C. The van der Waals surface area contributed by atoms with Gasteiger partial charge in [0.2, 0.25) is 11.7 Å². The molecule has 0 bridgehead atoms. The standard InChI is InChI=1S/C20H22ClFN4O4/c1-10-4-5-12(6-14(10)21)8-23-19(29)16-17(28)20(30)25(3)18(24-16)15-7-13(22)9-26(15)11(2)27/h4-6,13,15,28H,7-9H2,1-3H3,(H,23,29)/t13-,15-/m0/s1. The first-order chi connectivity index (χ1) is 14.1. The van der Waals surface area contributed by atoms with Gasteiger partial charge in [-0.25, -0.2) is 9.37 Å². The van der Waals surface area contributed by atoms with E-state index in [1.54, 1.807) is 18.2 Å². The molecule has 8 nitrogen and oxygen atoms in total. The number of carbonyl (C=O) groups is 2. The number of nitrogens with one attached hydrogen (secondary N) is 1. The first kappa shape index (κ1) is 21.8. The first-order valence-electron chi connectivity index (χ1n) is 9.34. The number of halogens is 2. The zero-order valence-corrected chi connectivity index (χ0v) is 17.5. The Labute approximate surface area is 177 Å². The minimum absolute atomic E-state index is 0.0386. The van der Waals surface area contributed by atoms with Gasteiger partial charge in [0, 0.05) is 32.0 Å². The number of alkyl halides is 1. The van der Waals surface area contributed by atoms with Crippen molar-refractivity contribution in [3.63, 3.8) is 0 Å². The van der Waals surface area contributed by atoms with Crippen molar-refractivity contribution in [3.05, 3.63) is 56.2 Å². The lowest BCUT2D eigenvalue weighted by molar-refractivity contribution is -0.130. The maximum atomic E-state index is 14.0. The highest BCUT2D eigenvalue weighted by Crippen LogP contribution is 2.32. The zero-order valence-electron chi connectivity index (χ0n) is 16.8. The van der Waals surface area contributed by atoms with Crippen LogP contribution in [-0.2, 0) is 18.4 Å². The highest BCUT2D eigenvalue weighted by molar-refractivity contribution is 6.31. The fourth-order valence-corrected chi connectivity index (χ4v) is 3.66. The predicted molar refractivity (Wildman–Crippen MR) is 108 cm³/mol. The average Bonchev–Trinajstić information content (AvgIpc) is 3.09. The maximum Gasteiger partial charge on any atom is 0.296 e. The Morgan fingerprint density at radius 1 is 1.40 bits per heavy atom. The van der Waals surface area contributed by atoms with Gasteiger partial charge < -0.3 is 15.3 Å². The van der Waals surface area contributed by atoms with Gasteiger partial charge in [0.25, 0.3) is 11.5 Å². The molecule has 30 heavy (non-hydrogen) atoms. The molecule has 1 aliphatic heterocycles. The van der Waals surface area contributed by atoms with Crippen LogP contribution in [-0.4, -0.2) is 44.1 Å². The Kier molecular flexibility index (Phi) is 6.12. The molecular formula is C20H22ClFN4O4. The van der Waals surface area contributed by atoms with Gasteiger partial charge >= 0.3 is 0 Å². The molecule has 0 spiro atoms. The van der Waals surface area contributed by atoms with E-state index in [0.717, 1.165) is 15.7 Å². The molecule has 160 valence electrons. The van der Waals surface area contributed by atoms with Gasteiger partial charge in [-0.2, -0.15) is 0 Å². The van der Waals surface area contributed by atoms with Crippen molar-refractivity contribution >= 4 is 23.4 Å². The van der Waals surface area contributed by atoms with Gasteiger partial charge in [0.15, 0.2) is 5.69 Å². The second-order valence-electron chi connectivity index (χ2n) is 7.32. The summed E-state index contributed by atoms with van der Waals surface area (Å²) in [6.07, 6.45) is -1.32. The van der Waals surface area contributed by atoms with E-state index in [0.29, 0.717) is 5.02 Å². The van der Waals surface area contributed by atoms with E-state index < -0.39 is 35.1 Å². The Bertz CT molecular complexity index is 1070. The van der Waals surface area contributed by atoms with Gasteiger partial charge in [-0.3, -0.25) is 19.0 Å². The largest absolute Gasteiger partial charge is 0.501 e. The van der Waals surface area contributed by atoms with Gasteiger partial charge in [-0.15, -0.1) is 0 Å². The topological polar surface area (TPSA) is 105 Å². The predicted octanol–water partition coefficient (Wildman–Crippen LogP) is 2.01. The van der Waals surface area contributed by atoms with Gasteiger partial charge in [0.1, 0.15) is 12.0 Å². The minimum atomic E-state index is -1.27. The molecule has 1 aromatic carbocycles. The number of benzene rings is 1. The van der Waals surface area contributed by atoms with Crippen molar-refractivity contribution in [1.82, 2.24) is 19.8 Å². The molecule has 1 aromatic heterocycles. The Morgan fingerprint density at radius 2 is 2.10 bits per heavy atom. The van der Waals surface area contributed by atoms with E-state index in [4.69, 9.17) is 11.6 Å². The third-order valence-electron chi connectivity index (χ3n) is 5.16. The van der Waals surface area contributed by atoms with E-state index in [2.05, 4.69) is 10.3 Å². The van der Waals surface area contributed by atoms with E-state index in [1.807, 2.05) is 6.92 Å². The molecular weight excluding hydrogens is 415 g/mol. The van der Waals surface area contributed by atoms with Crippen molar-refractivity contribution in [2.75, 3.05) is 6.54 Å². The number of aryl methyl sites for hydroxylation is 1. The summed E-state index contributed by atoms with van der Waals surface area (Å²) >= 11 is 6.08. The normalized spacial score (nSPS) is 18.5. The lowest BCUT2D eigenvalue weighted by atomic mass is 10.1. The van der Waals surface area contributed by atoms with Crippen LogP contribution in [0.5, 0.6) is 5.75 Å². The van der Waals surface area contributed by atoms with Crippen LogP contribution in [0, 0.1) is 6.92 Å². The van der Waals surface area contributed by atoms with Crippen LogP contribution in [0.3, 0.4) is 0 Å². The van der Waals surface area contributed by atoms with E-state index in [1.165, 1.54) is 18.9 Å². The van der Waals surface area contributed by atoms with Gasteiger partial charge in [-0.1, -0.05) is 23.7 Å². The molecule has 0 aliphatic carbocycles. The molecule has 1 fully saturated rings. The Balaban J connectivity index is 1.91. The number of aromatic nitrogens is 2. The van der Waals surface area contributed by atoms with Crippen LogP contribution in [0.4, 0.5) is 4.39 Å². The summed E-state index contributed by atoms with van der Waals surface area (Å²) in [5.41, 5.74) is 0.285. The van der Waals surface area contributed by atoms with Crippen molar-refractivity contribution in [2.45, 2.75) is 39.0 Å². The summed E-state index contributed by atoms with van der Waals surface area (Å²) < 4.78 is 15.0. The quantitative estimate of drug-likeness (QED) is 0.762. The number of hydrogen-bond acceptors (Lipinski definition) is 5. The van der Waals surface area contributed by atoms with Gasteiger partial charge in [0.05, 0.1) is 12.6 Å². The van der Waals surface area contributed by atoms with Crippen LogP contribution < -0.4 is 10.9 Å². The molecule has 2 amide bonds. The third-order valence-corrected chi connectivity index (χ3v) is 5.57. The summed E-state index contributed by atoms with van der Waals surface area (Å²) in [7, 11) is 1.35. The fraction of sp³-hybridized carbons (Fsp3) is 0.400. The molecule has 10 heteroatoms. The van der Waals surface area contributed by atoms with Crippen molar-refractivity contribution in [2.24, 2.45) is 7.05 Å². The highest BCUT2D eigenvalue weighted by Gasteiger charge is 2.38. The molecule has 1 aliphatic rings. The molecule has 2 N–H and O–H groups in total. The smallest absolute Gasteiger partial charge is 0.296 e. The van der Waals surface area contributed by atoms with Crippen LogP contribution in [0.2, 0.25) is 5.02 Å². The number of amides is 2. The maximum absolute atomic E-state index is 14.0. The molecule has 2 aromatic rings. The van der Waals surface area contributed by atoms with Crippen molar-refractivity contribution < 1.29 is 19.1 Å². The molecule has 0 unspecified atom stereocenters. The molecule has 1 saturated heterocycles. The van der Waals surface area contributed by atoms with Crippen LogP contribution >= 0.6 is 11.6 Å². The Morgan fingerprint density at radius 3 is 2.73 bits per heavy atom. The monoisotopic (exact) mass is 436 g/mol. The van der Waals surface area contributed by atoms with E-state index >= 15 is 0 Å². The zero-order chi connectivity index (χ0) is 22.2. The Hall–Kier alpha value is -2.94. The highest BCUT2D eigenvalue weighted by atomic mass is 35.5. The molecule has 0 saturated carbocycles. The number of aromatic hydroxyl groups is 1. The second-order valence-corrected chi connectivity index (χ2v) is 7.72. The van der Waals surface area contributed by atoms with Gasteiger partial charge in [-0.05, 0) is 24.1 Å². The van der Waals surface area contributed by atoms with Crippen LogP contribution in [0.25, 0.3) is 0 Å². The summed E-state index contributed by atoms with van der Waals surface area (Å²) in [4.78, 5) is 42.4. The average molecular weight is 437 g/mol. The lowest BCUT2D eigenvalue weighted by Crippen LogP contribution is -2.35. The minimum Gasteiger partial charge on any atom is -0.501 e. The number of nitrogens with zero attached hydrogens (tertiary/aromatic N) is 3. The summed E-state index contributed by atoms with van der Waals surface area (Å²) in [5.74, 6) is -1.92. The number of hydrogen-bond donors (Lipinski definition) is 2. The number of carbonyl (C=O) groups excluding carboxylic acids is 2. The number of rotatable bonds is 4. The summed E-state index contributed by atoms with van der Waals surface area (Å²) in [6, 6.07) is 4.48. The van der Waals surface area contributed by atoms with Crippen molar-refractivity contribution in [3.8, 4) is 5.75 Å². The van der Waals surface area contributed by atoms with E-state index in [-0.39, 0.29) is 31.2 Å². The van der Waals surface area contributed by atoms with Crippen molar-refractivity contribution in [1.29, 1.82) is 0 Å². The van der Waals surface area contributed by atoms with E-state index in [9.17, 15) is 23.9 Å². The first-order valence-corrected chi connectivity index (χ1v) is 9.72. The molecule has 3 rings (SSSR count). The lowest BCUT2D eigenvalue weighted by Gasteiger charge is -2.24. The van der Waals surface area contributed by atoms with Crippen LogP contribution in [0.1, 0.15) is 46.8 Å². The molecule has 2 heterocycles.